The van der Waals surface area contributed by atoms with Gasteiger partial charge in [0.25, 0.3) is 0 Å². The normalized spacial score (nSPS) is 17.4. The molecule has 0 aromatic carbocycles. The molecule has 1 aromatic rings. The monoisotopic (exact) mass is 261 g/mol. The SMILES string of the molecule is Cc1cccnc1CC(=O)NC(CN)C1CCCC1. The first-order chi connectivity index (χ1) is 9.20. The Morgan fingerprint density at radius 2 is 2.26 bits per heavy atom. The van der Waals surface area contributed by atoms with Gasteiger partial charge in [-0.3, -0.25) is 9.78 Å². The average Bonchev–Trinajstić information content (AvgIpc) is 2.92. The number of carbonyl (C=O) groups is 1. The molecule has 1 saturated carbocycles. The summed E-state index contributed by atoms with van der Waals surface area (Å²) in [6.07, 6.45) is 6.96. The van der Waals surface area contributed by atoms with E-state index in [1.54, 1.807) is 6.20 Å². The Labute approximate surface area is 114 Å². The summed E-state index contributed by atoms with van der Waals surface area (Å²) < 4.78 is 0. The van der Waals surface area contributed by atoms with E-state index in [2.05, 4.69) is 10.3 Å². The van der Waals surface area contributed by atoms with Gasteiger partial charge in [-0.05, 0) is 37.3 Å². The van der Waals surface area contributed by atoms with Gasteiger partial charge in [0.1, 0.15) is 0 Å². The molecule has 2 rings (SSSR count). The molecule has 1 aromatic heterocycles. The van der Waals surface area contributed by atoms with E-state index in [0.717, 1.165) is 11.3 Å². The van der Waals surface area contributed by atoms with Crippen LogP contribution >= 0.6 is 0 Å². The number of amides is 1. The van der Waals surface area contributed by atoms with E-state index in [9.17, 15) is 4.79 Å². The van der Waals surface area contributed by atoms with Crippen LogP contribution in [0.15, 0.2) is 18.3 Å². The number of hydrogen-bond donors (Lipinski definition) is 2. The van der Waals surface area contributed by atoms with Crippen molar-refractivity contribution >= 4 is 5.91 Å². The second-order valence-electron chi connectivity index (χ2n) is 5.40. The number of aromatic nitrogens is 1. The van der Waals surface area contributed by atoms with Crippen LogP contribution in [0.3, 0.4) is 0 Å². The lowest BCUT2D eigenvalue weighted by Gasteiger charge is -2.23. The maximum absolute atomic E-state index is 12.1. The molecule has 0 aliphatic heterocycles. The standard InChI is InChI=1S/C15H23N3O/c1-11-5-4-8-17-13(11)9-15(19)18-14(10-16)12-6-2-3-7-12/h4-5,8,12,14H,2-3,6-7,9-10,16H2,1H3,(H,18,19). The highest BCUT2D eigenvalue weighted by Gasteiger charge is 2.25. The summed E-state index contributed by atoms with van der Waals surface area (Å²) >= 11 is 0. The van der Waals surface area contributed by atoms with E-state index in [1.807, 2.05) is 19.1 Å². The van der Waals surface area contributed by atoms with E-state index in [4.69, 9.17) is 5.73 Å². The summed E-state index contributed by atoms with van der Waals surface area (Å²) in [6, 6.07) is 3.99. The van der Waals surface area contributed by atoms with Gasteiger partial charge in [0.2, 0.25) is 5.91 Å². The maximum atomic E-state index is 12.1. The largest absolute Gasteiger partial charge is 0.351 e. The van der Waals surface area contributed by atoms with Crippen LogP contribution in [0.25, 0.3) is 0 Å². The van der Waals surface area contributed by atoms with Crippen LogP contribution in [0.4, 0.5) is 0 Å². The van der Waals surface area contributed by atoms with Crippen LogP contribution in [0.5, 0.6) is 0 Å². The lowest BCUT2D eigenvalue weighted by Crippen LogP contribution is -2.45. The molecule has 104 valence electrons. The predicted molar refractivity (Wildman–Crippen MR) is 75.6 cm³/mol. The fraction of sp³-hybridized carbons (Fsp3) is 0.600. The predicted octanol–water partition coefficient (Wildman–Crippen LogP) is 1.57. The third-order valence-electron chi connectivity index (χ3n) is 4.02. The Morgan fingerprint density at radius 3 is 2.89 bits per heavy atom. The van der Waals surface area contributed by atoms with E-state index in [0.29, 0.717) is 18.9 Å². The minimum Gasteiger partial charge on any atom is -0.351 e. The summed E-state index contributed by atoms with van der Waals surface area (Å²) in [6.45, 7) is 2.50. The number of rotatable bonds is 5. The van der Waals surface area contributed by atoms with Crippen molar-refractivity contribution in [2.45, 2.75) is 45.1 Å². The Balaban J connectivity index is 1.91. The highest BCUT2D eigenvalue weighted by atomic mass is 16.1. The molecule has 0 bridgehead atoms. The van der Waals surface area contributed by atoms with Crippen molar-refractivity contribution in [3.05, 3.63) is 29.6 Å². The van der Waals surface area contributed by atoms with Crippen molar-refractivity contribution in [3.8, 4) is 0 Å². The Bertz CT molecular complexity index is 427. The van der Waals surface area contributed by atoms with E-state index in [1.165, 1.54) is 25.7 Å². The van der Waals surface area contributed by atoms with Gasteiger partial charge < -0.3 is 11.1 Å². The highest BCUT2D eigenvalue weighted by molar-refractivity contribution is 5.78. The zero-order valence-electron chi connectivity index (χ0n) is 11.6. The fourth-order valence-electron chi connectivity index (χ4n) is 2.84. The molecule has 1 atom stereocenters. The number of aryl methyl sites for hydroxylation is 1. The third-order valence-corrected chi connectivity index (χ3v) is 4.02. The fourth-order valence-corrected chi connectivity index (χ4v) is 2.84. The number of carbonyl (C=O) groups excluding carboxylic acids is 1. The van der Waals surface area contributed by atoms with E-state index >= 15 is 0 Å². The molecular weight excluding hydrogens is 238 g/mol. The molecule has 1 aliphatic carbocycles. The minimum atomic E-state index is 0.0316. The second kappa shape index (κ2) is 6.66. The zero-order chi connectivity index (χ0) is 13.7. The first-order valence-corrected chi connectivity index (χ1v) is 7.10. The summed E-state index contributed by atoms with van der Waals surface area (Å²) in [7, 11) is 0. The van der Waals surface area contributed by atoms with Crippen molar-refractivity contribution in [2.75, 3.05) is 6.54 Å². The summed E-state index contributed by atoms with van der Waals surface area (Å²) in [5.41, 5.74) is 7.70. The Kier molecular flexibility index (Phi) is 4.91. The van der Waals surface area contributed by atoms with Crippen LogP contribution in [0, 0.1) is 12.8 Å². The first kappa shape index (κ1) is 14.0. The van der Waals surface area contributed by atoms with Crippen molar-refractivity contribution in [3.63, 3.8) is 0 Å². The van der Waals surface area contributed by atoms with Crippen molar-refractivity contribution in [1.29, 1.82) is 0 Å². The number of hydrogen-bond acceptors (Lipinski definition) is 3. The molecule has 0 saturated heterocycles. The maximum Gasteiger partial charge on any atom is 0.226 e. The first-order valence-electron chi connectivity index (χ1n) is 7.10. The molecule has 3 N–H and O–H groups in total. The van der Waals surface area contributed by atoms with Crippen LogP contribution in [0.1, 0.15) is 36.9 Å². The summed E-state index contributed by atoms with van der Waals surface area (Å²) in [5, 5.41) is 3.08. The van der Waals surface area contributed by atoms with Crippen LogP contribution in [-0.2, 0) is 11.2 Å². The molecule has 0 radical (unpaired) electrons. The van der Waals surface area contributed by atoms with Crippen molar-refractivity contribution in [1.82, 2.24) is 10.3 Å². The van der Waals surface area contributed by atoms with Gasteiger partial charge in [-0.2, -0.15) is 0 Å². The summed E-state index contributed by atoms with van der Waals surface area (Å²) in [4.78, 5) is 16.3. The Morgan fingerprint density at radius 1 is 1.53 bits per heavy atom. The van der Waals surface area contributed by atoms with Gasteiger partial charge in [-0.15, -0.1) is 0 Å². The van der Waals surface area contributed by atoms with Crippen LogP contribution in [0.2, 0.25) is 0 Å². The molecule has 19 heavy (non-hydrogen) atoms. The second-order valence-corrected chi connectivity index (χ2v) is 5.40. The quantitative estimate of drug-likeness (QED) is 0.845. The lowest BCUT2D eigenvalue weighted by atomic mass is 9.98. The molecule has 1 unspecified atom stereocenters. The van der Waals surface area contributed by atoms with E-state index < -0.39 is 0 Å². The number of pyridine rings is 1. The molecule has 1 amide bonds. The van der Waals surface area contributed by atoms with Crippen molar-refractivity contribution < 1.29 is 4.79 Å². The molecule has 1 aliphatic rings. The zero-order valence-corrected chi connectivity index (χ0v) is 11.6. The number of nitrogens with one attached hydrogen (secondary N) is 1. The number of nitrogens with two attached hydrogens (primary N) is 1. The van der Waals surface area contributed by atoms with Crippen molar-refractivity contribution in [2.24, 2.45) is 11.7 Å². The van der Waals surface area contributed by atoms with Gasteiger partial charge in [-0.25, -0.2) is 0 Å². The molecule has 4 heteroatoms. The van der Waals surface area contributed by atoms with E-state index in [-0.39, 0.29) is 11.9 Å². The van der Waals surface area contributed by atoms with Crippen LogP contribution < -0.4 is 11.1 Å². The lowest BCUT2D eigenvalue weighted by molar-refractivity contribution is -0.121. The van der Waals surface area contributed by atoms with Crippen LogP contribution in [-0.4, -0.2) is 23.5 Å². The van der Waals surface area contributed by atoms with Gasteiger partial charge in [0, 0.05) is 18.8 Å². The topological polar surface area (TPSA) is 68.0 Å². The van der Waals surface area contributed by atoms with Gasteiger partial charge in [0.15, 0.2) is 0 Å². The molecule has 4 nitrogen and oxygen atoms in total. The molecule has 0 spiro atoms. The highest BCUT2D eigenvalue weighted by Crippen LogP contribution is 2.27. The third kappa shape index (κ3) is 3.77. The molecule has 1 fully saturated rings. The molecule has 1 heterocycles. The summed E-state index contributed by atoms with van der Waals surface area (Å²) in [5.74, 6) is 0.586. The van der Waals surface area contributed by atoms with Gasteiger partial charge in [0.05, 0.1) is 12.1 Å². The van der Waals surface area contributed by atoms with Gasteiger partial charge in [-0.1, -0.05) is 18.9 Å². The average molecular weight is 261 g/mol. The Hall–Kier alpha value is -1.42. The smallest absolute Gasteiger partial charge is 0.226 e. The molecular formula is C15H23N3O. The van der Waals surface area contributed by atoms with Gasteiger partial charge >= 0.3 is 0 Å². The minimum absolute atomic E-state index is 0.0316. The number of nitrogens with zero attached hydrogens (tertiary/aromatic N) is 1.